The van der Waals surface area contributed by atoms with E-state index in [9.17, 15) is 0 Å². The van der Waals surface area contributed by atoms with E-state index in [2.05, 4.69) is 20.6 Å². The van der Waals surface area contributed by atoms with E-state index in [0.29, 0.717) is 12.4 Å². The molecule has 1 rings (SSSR count). The number of hydrogen-bond donors (Lipinski definition) is 1. The lowest BCUT2D eigenvalue weighted by Crippen LogP contribution is -2.19. The van der Waals surface area contributed by atoms with Crippen LogP contribution in [0.5, 0.6) is 0 Å². The SMILES string of the molecule is CC(C)(C)OCc1nn[nH]n1. The van der Waals surface area contributed by atoms with E-state index in [0.717, 1.165) is 0 Å². The molecule has 0 aliphatic heterocycles. The van der Waals surface area contributed by atoms with Crippen molar-refractivity contribution in [2.75, 3.05) is 0 Å². The van der Waals surface area contributed by atoms with Gasteiger partial charge in [-0.15, -0.1) is 10.2 Å². The molecule has 0 spiro atoms. The number of rotatable bonds is 2. The standard InChI is InChI=1S/C6H12N4O/c1-6(2,3)11-4-5-7-9-10-8-5/h4H2,1-3H3,(H,7,8,9,10). The van der Waals surface area contributed by atoms with Crippen molar-refractivity contribution < 1.29 is 4.74 Å². The zero-order valence-corrected chi connectivity index (χ0v) is 6.96. The Morgan fingerprint density at radius 2 is 2.18 bits per heavy atom. The summed E-state index contributed by atoms with van der Waals surface area (Å²) in [4.78, 5) is 0. The van der Waals surface area contributed by atoms with E-state index in [1.54, 1.807) is 0 Å². The predicted molar refractivity (Wildman–Crippen MR) is 38.7 cm³/mol. The lowest BCUT2D eigenvalue weighted by atomic mass is 10.2. The average Bonchev–Trinajstić information content (AvgIpc) is 2.32. The molecule has 0 amide bonds. The number of aromatic nitrogens is 4. The highest BCUT2D eigenvalue weighted by atomic mass is 16.5. The van der Waals surface area contributed by atoms with Gasteiger partial charge in [-0.2, -0.15) is 5.21 Å². The summed E-state index contributed by atoms with van der Waals surface area (Å²) >= 11 is 0. The average molecular weight is 156 g/mol. The molecule has 0 aromatic carbocycles. The molecule has 1 aromatic heterocycles. The first-order valence-electron chi connectivity index (χ1n) is 3.44. The molecule has 11 heavy (non-hydrogen) atoms. The van der Waals surface area contributed by atoms with Crippen LogP contribution in [0, 0.1) is 0 Å². The summed E-state index contributed by atoms with van der Waals surface area (Å²) in [7, 11) is 0. The third-order valence-corrected chi connectivity index (χ3v) is 1.02. The Bertz CT molecular complexity index is 201. The van der Waals surface area contributed by atoms with Crippen molar-refractivity contribution in [1.29, 1.82) is 0 Å². The number of H-pyrrole nitrogens is 1. The van der Waals surface area contributed by atoms with Crippen LogP contribution in [0.3, 0.4) is 0 Å². The van der Waals surface area contributed by atoms with E-state index in [-0.39, 0.29) is 5.60 Å². The summed E-state index contributed by atoms with van der Waals surface area (Å²) in [6.45, 7) is 6.34. The maximum Gasteiger partial charge on any atom is 0.200 e. The van der Waals surface area contributed by atoms with Gasteiger partial charge in [0, 0.05) is 0 Å². The van der Waals surface area contributed by atoms with E-state index < -0.39 is 0 Å². The van der Waals surface area contributed by atoms with Crippen LogP contribution in [0.15, 0.2) is 0 Å². The first-order valence-corrected chi connectivity index (χ1v) is 3.44. The summed E-state index contributed by atoms with van der Waals surface area (Å²) < 4.78 is 5.39. The minimum atomic E-state index is -0.152. The van der Waals surface area contributed by atoms with Gasteiger partial charge in [-0.05, 0) is 20.8 Å². The molecule has 0 saturated carbocycles. The van der Waals surface area contributed by atoms with E-state index in [1.165, 1.54) is 0 Å². The van der Waals surface area contributed by atoms with E-state index >= 15 is 0 Å². The summed E-state index contributed by atoms with van der Waals surface area (Å²) in [5, 5.41) is 13.3. The molecule has 0 aliphatic rings. The summed E-state index contributed by atoms with van der Waals surface area (Å²) in [6.07, 6.45) is 0. The van der Waals surface area contributed by atoms with Crippen LogP contribution in [0.1, 0.15) is 26.6 Å². The first kappa shape index (κ1) is 8.13. The molecule has 0 unspecified atom stereocenters. The Kier molecular flexibility index (Phi) is 2.19. The fourth-order valence-electron chi connectivity index (χ4n) is 0.525. The van der Waals surface area contributed by atoms with Crippen molar-refractivity contribution in [1.82, 2.24) is 20.6 Å². The van der Waals surface area contributed by atoms with Crippen LogP contribution < -0.4 is 0 Å². The molecule has 0 radical (unpaired) electrons. The minimum absolute atomic E-state index is 0.152. The second-order valence-corrected chi connectivity index (χ2v) is 3.23. The molecule has 62 valence electrons. The molecule has 0 aliphatic carbocycles. The second kappa shape index (κ2) is 2.96. The Morgan fingerprint density at radius 1 is 1.45 bits per heavy atom. The molecule has 0 fully saturated rings. The van der Waals surface area contributed by atoms with E-state index in [4.69, 9.17) is 4.74 Å². The van der Waals surface area contributed by atoms with Gasteiger partial charge in [-0.3, -0.25) is 0 Å². The van der Waals surface area contributed by atoms with Gasteiger partial charge < -0.3 is 4.74 Å². The smallest absolute Gasteiger partial charge is 0.200 e. The fraction of sp³-hybridized carbons (Fsp3) is 0.833. The third kappa shape index (κ3) is 3.08. The fourth-order valence-corrected chi connectivity index (χ4v) is 0.525. The highest BCUT2D eigenvalue weighted by molar-refractivity contribution is 4.72. The molecule has 0 bridgehead atoms. The predicted octanol–water partition coefficient (Wildman–Crippen LogP) is 0.515. The van der Waals surface area contributed by atoms with Crippen LogP contribution in [-0.4, -0.2) is 26.2 Å². The maximum absolute atomic E-state index is 5.39. The summed E-state index contributed by atoms with van der Waals surface area (Å²) in [5.41, 5.74) is -0.152. The van der Waals surface area contributed by atoms with Gasteiger partial charge >= 0.3 is 0 Å². The zero-order valence-electron chi connectivity index (χ0n) is 6.96. The van der Waals surface area contributed by atoms with Crippen molar-refractivity contribution in [2.45, 2.75) is 33.0 Å². The van der Waals surface area contributed by atoms with Gasteiger partial charge in [0.25, 0.3) is 0 Å². The molecule has 5 heteroatoms. The van der Waals surface area contributed by atoms with Crippen molar-refractivity contribution in [3.05, 3.63) is 5.82 Å². The van der Waals surface area contributed by atoms with Crippen LogP contribution >= 0.6 is 0 Å². The number of aromatic amines is 1. The molecule has 0 atom stereocenters. The van der Waals surface area contributed by atoms with Gasteiger partial charge in [0.2, 0.25) is 0 Å². The molecule has 1 N–H and O–H groups in total. The molecule has 1 aromatic rings. The Balaban J connectivity index is 2.35. The Hall–Kier alpha value is -0.970. The highest BCUT2D eigenvalue weighted by Gasteiger charge is 2.11. The number of nitrogens with zero attached hydrogens (tertiary/aromatic N) is 3. The minimum Gasteiger partial charge on any atom is -0.368 e. The van der Waals surface area contributed by atoms with Crippen LogP contribution in [0.4, 0.5) is 0 Å². The maximum atomic E-state index is 5.39. The zero-order chi connectivity index (χ0) is 8.32. The monoisotopic (exact) mass is 156 g/mol. The summed E-state index contributed by atoms with van der Waals surface area (Å²) in [6, 6.07) is 0. The van der Waals surface area contributed by atoms with Crippen LogP contribution in [-0.2, 0) is 11.3 Å². The number of ether oxygens (including phenoxy) is 1. The Labute approximate surface area is 65.1 Å². The lowest BCUT2D eigenvalue weighted by molar-refractivity contribution is -0.0181. The van der Waals surface area contributed by atoms with Gasteiger partial charge in [0.15, 0.2) is 5.82 Å². The van der Waals surface area contributed by atoms with Crippen molar-refractivity contribution >= 4 is 0 Å². The van der Waals surface area contributed by atoms with Gasteiger partial charge in [-0.25, -0.2) is 0 Å². The van der Waals surface area contributed by atoms with Crippen molar-refractivity contribution in [3.8, 4) is 0 Å². The van der Waals surface area contributed by atoms with Gasteiger partial charge in [0.1, 0.15) is 6.61 Å². The van der Waals surface area contributed by atoms with Gasteiger partial charge in [0.05, 0.1) is 5.60 Å². The first-order chi connectivity index (χ1) is 5.08. The van der Waals surface area contributed by atoms with Crippen LogP contribution in [0.2, 0.25) is 0 Å². The normalized spacial score (nSPS) is 11.9. The molecular weight excluding hydrogens is 144 g/mol. The Morgan fingerprint density at radius 3 is 2.64 bits per heavy atom. The number of nitrogens with one attached hydrogen (secondary N) is 1. The topological polar surface area (TPSA) is 63.7 Å². The quantitative estimate of drug-likeness (QED) is 0.677. The third-order valence-electron chi connectivity index (χ3n) is 1.02. The molecule has 1 heterocycles. The molecule has 5 nitrogen and oxygen atoms in total. The van der Waals surface area contributed by atoms with Crippen LogP contribution in [0.25, 0.3) is 0 Å². The van der Waals surface area contributed by atoms with Crippen molar-refractivity contribution in [2.24, 2.45) is 0 Å². The number of tetrazole rings is 1. The van der Waals surface area contributed by atoms with E-state index in [1.807, 2.05) is 20.8 Å². The molecular formula is C6H12N4O. The molecule has 0 saturated heterocycles. The van der Waals surface area contributed by atoms with Gasteiger partial charge in [-0.1, -0.05) is 5.21 Å². The largest absolute Gasteiger partial charge is 0.368 e. The summed E-state index contributed by atoms with van der Waals surface area (Å²) in [5.74, 6) is 0.583. The highest BCUT2D eigenvalue weighted by Crippen LogP contribution is 2.08. The number of hydrogen-bond acceptors (Lipinski definition) is 4. The van der Waals surface area contributed by atoms with Crippen molar-refractivity contribution in [3.63, 3.8) is 0 Å². The second-order valence-electron chi connectivity index (χ2n) is 3.23. The lowest BCUT2D eigenvalue weighted by Gasteiger charge is -2.17.